The van der Waals surface area contributed by atoms with Crippen molar-refractivity contribution in [3.05, 3.63) is 42.4 Å². The molecule has 13 heteroatoms. The summed E-state index contributed by atoms with van der Waals surface area (Å²) in [6.07, 6.45) is -3.21. The van der Waals surface area contributed by atoms with Crippen molar-refractivity contribution in [3.63, 3.8) is 0 Å². The molecule has 0 spiro atoms. The summed E-state index contributed by atoms with van der Waals surface area (Å²) in [6, 6.07) is 5.56. The zero-order valence-electron chi connectivity index (χ0n) is 16.6. The van der Waals surface area contributed by atoms with Gasteiger partial charge in [-0.05, 0) is 31.4 Å². The third-order valence-corrected chi connectivity index (χ3v) is 7.68. The number of amides is 1. The van der Waals surface area contributed by atoms with Crippen molar-refractivity contribution in [1.29, 1.82) is 0 Å². The molecule has 32 heavy (non-hydrogen) atoms. The normalized spacial score (nSPS) is 16.1. The molecule has 2 heterocycles. The number of carbonyl (C=O) groups excluding carboxylic acids is 1. The van der Waals surface area contributed by atoms with Gasteiger partial charge in [0.1, 0.15) is 0 Å². The summed E-state index contributed by atoms with van der Waals surface area (Å²) in [5.41, 5.74) is 2.50. The van der Waals surface area contributed by atoms with E-state index in [0.29, 0.717) is 11.3 Å². The van der Waals surface area contributed by atoms with Crippen LogP contribution in [0.1, 0.15) is 25.0 Å². The Morgan fingerprint density at radius 2 is 1.75 bits per heavy atom. The number of rotatable bonds is 6. The number of hydrogen-bond acceptors (Lipinski definition) is 7. The van der Waals surface area contributed by atoms with Crippen molar-refractivity contribution in [1.82, 2.24) is 15.4 Å². The topological polar surface area (TPSA) is 118 Å². The van der Waals surface area contributed by atoms with Crippen LogP contribution in [0.5, 0.6) is 0 Å². The minimum atomic E-state index is -4.28. The molecular weight excluding hydrogens is 475 g/mol. The van der Waals surface area contributed by atoms with Gasteiger partial charge >= 0.3 is 6.18 Å². The molecule has 1 fully saturated rings. The number of halogens is 4. The van der Waals surface area contributed by atoms with Crippen LogP contribution in [-0.4, -0.2) is 53.6 Å². The maximum absolute atomic E-state index is 13.2. The first kappa shape index (κ1) is 26.0. The number of aryl methyl sites for hydroxylation is 1. The molecule has 0 radical (unpaired) electrons. The van der Waals surface area contributed by atoms with Crippen LogP contribution >= 0.6 is 12.4 Å². The second kappa shape index (κ2) is 10.1. The zero-order chi connectivity index (χ0) is 22.7. The van der Waals surface area contributed by atoms with Gasteiger partial charge in [0.25, 0.3) is 5.91 Å². The molecule has 2 N–H and O–H groups in total. The lowest BCUT2D eigenvalue weighted by Crippen LogP contribution is -2.54. The van der Waals surface area contributed by atoms with Gasteiger partial charge in [-0.25, -0.2) is 13.9 Å². The highest BCUT2D eigenvalue weighted by molar-refractivity contribution is 7.93. The monoisotopic (exact) mass is 495 g/mol. The van der Waals surface area contributed by atoms with Gasteiger partial charge < -0.3 is 4.74 Å². The van der Waals surface area contributed by atoms with Gasteiger partial charge in [0.15, 0.2) is 14.6 Å². The van der Waals surface area contributed by atoms with Crippen molar-refractivity contribution in [2.45, 2.75) is 41.5 Å². The van der Waals surface area contributed by atoms with Crippen LogP contribution in [0, 0.1) is 0 Å². The van der Waals surface area contributed by atoms with Crippen LogP contribution in [0.2, 0.25) is 0 Å². The number of nitrogens with one attached hydrogen (secondary N) is 1. The Kier molecular flexibility index (Phi) is 8.21. The number of ether oxygens (including phenoxy) is 1. The predicted octanol–water partition coefficient (Wildman–Crippen LogP) is 2.89. The smallest absolute Gasteiger partial charge is 0.381 e. The Labute approximate surface area is 188 Å². The molecule has 1 saturated heterocycles. The van der Waals surface area contributed by atoms with E-state index in [9.17, 15) is 26.4 Å². The number of nitrogens with zero attached hydrogens (tertiary/aromatic N) is 2. The lowest BCUT2D eigenvalue weighted by atomic mass is 9.98. The quantitative estimate of drug-likeness (QED) is 0.467. The average Bonchev–Trinajstić information content (AvgIpc) is 2.77. The van der Waals surface area contributed by atoms with E-state index >= 15 is 0 Å². The third-order valence-electron chi connectivity index (χ3n) is 5.16. The molecule has 2 aromatic rings. The molecule has 0 unspecified atom stereocenters. The first-order chi connectivity index (χ1) is 14.6. The number of alkyl halides is 3. The van der Waals surface area contributed by atoms with Crippen molar-refractivity contribution in [2.75, 3.05) is 13.2 Å². The number of hydrogen-bond donors (Lipinski definition) is 2. The van der Waals surface area contributed by atoms with E-state index in [1.165, 1.54) is 42.1 Å². The number of hydroxylamine groups is 1. The molecule has 0 saturated carbocycles. The molecule has 0 bridgehead atoms. The fourth-order valence-corrected chi connectivity index (χ4v) is 5.29. The van der Waals surface area contributed by atoms with E-state index in [2.05, 4.69) is 9.97 Å². The van der Waals surface area contributed by atoms with Gasteiger partial charge in [-0.1, -0.05) is 12.1 Å². The standard InChI is InChI=1S/C19H20F3N3O5S.ClH/c20-19(21,22)6-5-14-11-24-16(12-23-14)13-1-3-15(4-2-13)31(28,29)18(17(26)25-27)7-9-30-10-8-18;/h1-4,11-12,27H,5-10H2,(H,25,26);1H. The lowest BCUT2D eigenvalue weighted by molar-refractivity contribution is -0.135. The number of aromatic nitrogens is 2. The zero-order valence-corrected chi connectivity index (χ0v) is 18.3. The molecular formula is C19H21ClF3N3O5S. The largest absolute Gasteiger partial charge is 0.389 e. The van der Waals surface area contributed by atoms with Crippen LogP contribution in [0.3, 0.4) is 0 Å². The van der Waals surface area contributed by atoms with Crippen LogP contribution in [-0.2, 0) is 25.8 Å². The van der Waals surface area contributed by atoms with Crippen LogP contribution in [0.4, 0.5) is 13.2 Å². The fourth-order valence-electron chi connectivity index (χ4n) is 3.35. The first-order valence-electron chi connectivity index (χ1n) is 9.34. The molecule has 1 aromatic heterocycles. The highest BCUT2D eigenvalue weighted by Crippen LogP contribution is 2.36. The highest BCUT2D eigenvalue weighted by Gasteiger charge is 2.52. The summed E-state index contributed by atoms with van der Waals surface area (Å²) >= 11 is 0. The first-order valence-corrected chi connectivity index (χ1v) is 10.8. The maximum Gasteiger partial charge on any atom is 0.389 e. The van der Waals surface area contributed by atoms with Crippen molar-refractivity contribution >= 4 is 28.2 Å². The molecule has 1 aliphatic heterocycles. The molecule has 3 rings (SSSR count). The van der Waals surface area contributed by atoms with E-state index < -0.39 is 33.1 Å². The Morgan fingerprint density at radius 1 is 1.12 bits per heavy atom. The Morgan fingerprint density at radius 3 is 2.25 bits per heavy atom. The van der Waals surface area contributed by atoms with Crippen LogP contribution in [0.15, 0.2) is 41.6 Å². The minimum absolute atomic E-state index is 0. The van der Waals surface area contributed by atoms with Crippen LogP contribution < -0.4 is 5.48 Å². The highest BCUT2D eigenvalue weighted by atomic mass is 35.5. The van der Waals surface area contributed by atoms with E-state index in [-0.39, 0.29) is 55.5 Å². The lowest BCUT2D eigenvalue weighted by Gasteiger charge is -2.34. The van der Waals surface area contributed by atoms with Gasteiger partial charge in [-0.15, -0.1) is 12.4 Å². The van der Waals surface area contributed by atoms with E-state index in [1.807, 2.05) is 0 Å². The van der Waals surface area contributed by atoms with Crippen molar-refractivity contribution in [3.8, 4) is 11.3 Å². The third kappa shape index (κ3) is 5.37. The van der Waals surface area contributed by atoms with Gasteiger partial charge in [-0.3, -0.25) is 20.0 Å². The SMILES string of the molecule is Cl.O=C(NO)C1(S(=O)(=O)c2ccc(-c3cnc(CCC(F)(F)F)cn3)cc2)CCOCC1. The van der Waals surface area contributed by atoms with E-state index in [0.717, 1.165) is 0 Å². The molecule has 8 nitrogen and oxygen atoms in total. The number of carbonyl (C=O) groups is 1. The summed E-state index contributed by atoms with van der Waals surface area (Å²) in [6.45, 7) is 0.113. The summed E-state index contributed by atoms with van der Waals surface area (Å²) in [4.78, 5) is 20.2. The molecule has 1 aromatic carbocycles. The summed E-state index contributed by atoms with van der Waals surface area (Å²) in [7, 11) is -4.16. The summed E-state index contributed by atoms with van der Waals surface area (Å²) in [5, 5.41) is 9.08. The maximum atomic E-state index is 13.2. The second-order valence-electron chi connectivity index (χ2n) is 7.08. The average molecular weight is 496 g/mol. The molecule has 1 amide bonds. The minimum Gasteiger partial charge on any atom is -0.381 e. The van der Waals surface area contributed by atoms with Gasteiger partial charge in [0, 0.05) is 31.4 Å². The summed E-state index contributed by atoms with van der Waals surface area (Å²) < 4.78 is 66.7. The number of benzene rings is 1. The Bertz CT molecular complexity index is 1030. The Hall–Kier alpha value is -2.28. The second-order valence-corrected chi connectivity index (χ2v) is 9.34. The van der Waals surface area contributed by atoms with Gasteiger partial charge in [-0.2, -0.15) is 13.2 Å². The van der Waals surface area contributed by atoms with Gasteiger partial charge in [0.2, 0.25) is 0 Å². The number of sulfone groups is 1. The molecule has 1 aliphatic rings. The summed E-state index contributed by atoms with van der Waals surface area (Å²) in [5.74, 6) is -1.01. The van der Waals surface area contributed by atoms with Crippen LogP contribution in [0.25, 0.3) is 11.3 Å². The van der Waals surface area contributed by atoms with Crippen molar-refractivity contribution in [2.24, 2.45) is 0 Å². The van der Waals surface area contributed by atoms with Gasteiger partial charge in [0.05, 0.1) is 22.5 Å². The van der Waals surface area contributed by atoms with E-state index in [1.54, 1.807) is 0 Å². The van der Waals surface area contributed by atoms with Crippen molar-refractivity contribution < 1.29 is 36.3 Å². The molecule has 0 aliphatic carbocycles. The molecule has 0 atom stereocenters. The fraction of sp³-hybridized carbons (Fsp3) is 0.421. The molecule has 176 valence electrons. The Balaban J connectivity index is 0.00000363. The predicted molar refractivity (Wildman–Crippen MR) is 109 cm³/mol. The van der Waals surface area contributed by atoms with E-state index in [4.69, 9.17) is 9.94 Å².